The number of amides is 1. The molecule has 112 valence electrons. The Kier molecular flexibility index (Phi) is 3.43. The Morgan fingerprint density at radius 3 is 2.13 bits per heavy atom. The van der Waals surface area contributed by atoms with Crippen LogP contribution < -0.4 is 4.90 Å². The molecule has 1 unspecified atom stereocenters. The second kappa shape index (κ2) is 5.73. The van der Waals surface area contributed by atoms with E-state index in [0.717, 1.165) is 17.7 Å². The second-order valence-corrected chi connectivity index (χ2v) is 5.80. The fourth-order valence-electron chi connectivity index (χ4n) is 3.30. The van der Waals surface area contributed by atoms with Crippen LogP contribution in [-0.4, -0.2) is 5.91 Å². The smallest absolute Gasteiger partial charge is 0.258 e. The van der Waals surface area contributed by atoms with Crippen molar-refractivity contribution in [3.8, 4) is 0 Å². The van der Waals surface area contributed by atoms with Crippen LogP contribution in [0.5, 0.6) is 0 Å². The fourth-order valence-corrected chi connectivity index (χ4v) is 3.30. The van der Waals surface area contributed by atoms with Crippen LogP contribution in [0.3, 0.4) is 0 Å². The van der Waals surface area contributed by atoms with E-state index >= 15 is 0 Å². The fraction of sp³-hybridized carbons (Fsp3) is 0.0952. The predicted octanol–water partition coefficient (Wildman–Crippen LogP) is 4.63. The molecular weight excluding hydrogens is 282 g/mol. The van der Waals surface area contributed by atoms with Crippen molar-refractivity contribution in [2.75, 3.05) is 4.90 Å². The van der Waals surface area contributed by atoms with Crippen LogP contribution in [-0.2, 0) is 6.42 Å². The van der Waals surface area contributed by atoms with E-state index in [1.54, 1.807) is 0 Å². The summed E-state index contributed by atoms with van der Waals surface area (Å²) in [7, 11) is 0. The van der Waals surface area contributed by atoms with E-state index in [1.807, 2.05) is 71.6 Å². The van der Waals surface area contributed by atoms with Crippen molar-refractivity contribution in [2.45, 2.75) is 12.5 Å². The molecule has 2 nitrogen and oxygen atoms in total. The SMILES string of the molecule is O=C(c1ccccc1)N1c2ccccc2CC1c1ccccc1. The summed E-state index contributed by atoms with van der Waals surface area (Å²) in [5.41, 5.74) is 4.15. The molecule has 0 bridgehead atoms. The van der Waals surface area contributed by atoms with E-state index in [4.69, 9.17) is 0 Å². The highest BCUT2D eigenvalue weighted by atomic mass is 16.2. The quantitative estimate of drug-likeness (QED) is 0.675. The minimum absolute atomic E-state index is 0.0568. The van der Waals surface area contributed by atoms with Gasteiger partial charge in [-0.15, -0.1) is 0 Å². The third kappa shape index (κ3) is 2.42. The molecule has 0 spiro atoms. The first-order valence-electron chi connectivity index (χ1n) is 7.86. The molecule has 3 aromatic rings. The van der Waals surface area contributed by atoms with E-state index in [-0.39, 0.29) is 11.9 Å². The van der Waals surface area contributed by atoms with Crippen LogP contribution in [0, 0.1) is 0 Å². The van der Waals surface area contributed by atoms with Crippen molar-refractivity contribution in [3.05, 3.63) is 102 Å². The Labute approximate surface area is 136 Å². The summed E-state index contributed by atoms with van der Waals surface area (Å²) < 4.78 is 0. The molecule has 0 saturated carbocycles. The second-order valence-electron chi connectivity index (χ2n) is 5.80. The Morgan fingerprint density at radius 2 is 1.39 bits per heavy atom. The van der Waals surface area contributed by atoms with Gasteiger partial charge in [-0.2, -0.15) is 0 Å². The van der Waals surface area contributed by atoms with Crippen LogP contribution in [0.25, 0.3) is 0 Å². The number of carbonyl (C=O) groups is 1. The van der Waals surface area contributed by atoms with Gasteiger partial charge in [0.25, 0.3) is 5.91 Å². The summed E-state index contributed by atoms with van der Waals surface area (Å²) in [5.74, 6) is 0.0596. The molecule has 0 aromatic heterocycles. The topological polar surface area (TPSA) is 20.3 Å². The standard InChI is InChI=1S/C21H17NO/c23-21(17-11-5-2-6-12-17)22-19-14-8-7-13-18(19)15-20(22)16-9-3-1-4-10-16/h1-14,20H,15H2. The Morgan fingerprint density at radius 1 is 0.783 bits per heavy atom. The van der Waals surface area contributed by atoms with Gasteiger partial charge in [-0.25, -0.2) is 0 Å². The maximum absolute atomic E-state index is 13.1. The van der Waals surface area contributed by atoms with Crippen molar-refractivity contribution in [3.63, 3.8) is 0 Å². The zero-order chi connectivity index (χ0) is 15.6. The van der Waals surface area contributed by atoms with E-state index in [9.17, 15) is 4.79 Å². The number of rotatable bonds is 2. The molecule has 0 aliphatic carbocycles. The van der Waals surface area contributed by atoms with Crippen molar-refractivity contribution in [1.29, 1.82) is 0 Å². The number of hydrogen-bond donors (Lipinski definition) is 0. The summed E-state index contributed by atoms with van der Waals surface area (Å²) in [5, 5.41) is 0. The largest absolute Gasteiger partial charge is 0.300 e. The highest BCUT2D eigenvalue weighted by Gasteiger charge is 2.34. The number of carbonyl (C=O) groups excluding carboxylic acids is 1. The lowest BCUT2D eigenvalue weighted by molar-refractivity contribution is 0.0979. The first-order chi connectivity index (χ1) is 11.3. The molecule has 23 heavy (non-hydrogen) atoms. The van der Waals surface area contributed by atoms with Gasteiger partial charge in [-0.1, -0.05) is 66.7 Å². The summed E-state index contributed by atoms with van der Waals surface area (Å²) >= 11 is 0. The molecule has 0 N–H and O–H groups in total. The minimum Gasteiger partial charge on any atom is -0.300 e. The molecule has 2 heteroatoms. The highest BCUT2D eigenvalue weighted by Crippen LogP contribution is 2.41. The number of anilines is 1. The average molecular weight is 299 g/mol. The van der Waals surface area contributed by atoms with Crippen molar-refractivity contribution >= 4 is 11.6 Å². The van der Waals surface area contributed by atoms with Gasteiger partial charge in [0.1, 0.15) is 0 Å². The molecular formula is C21H17NO. The van der Waals surface area contributed by atoms with Gasteiger partial charge in [0, 0.05) is 11.3 Å². The van der Waals surface area contributed by atoms with E-state index < -0.39 is 0 Å². The molecule has 1 aliphatic heterocycles. The third-order valence-corrected chi connectivity index (χ3v) is 4.40. The zero-order valence-electron chi connectivity index (χ0n) is 12.7. The molecule has 0 fully saturated rings. The Hall–Kier alpha value is -2.87. The van der Waals surface area contributed by atoms with Gasteiger partial charge < -0.3 is 4.90 Å². The average Bonchev–Trinajstić information content (AvgIpc) is 3.02. The number of nitrogens with zero attached hydrogens (tertiary/aromatic N) is 1. The lowest BCUT2D eigenvalue weighted by Gasteiger charge is -2.26. The first-order valence-corrected chi connectivity index (χ1v) is 7.86. The molecule has 1 atom stereocenters. The predicted molar refractivity (Wildman–Crippen MR) is 92.6 cm³/mol. The zero-order valence-corrected chi connectivity index (χ0v) is 12.7. The van der Waals surface area contributed by atoms with Crippen LogP contribution in [0.2, 0.25) is 0 Å². The third-order valence-electron chi connectivity index (χ3n) is 4.40. The molecule has 1 aliphatic rings. The van der Waals surface area contributed by atoms with Crippen LogP contribution >= 0.6 is 0 Å². The molecule has 4 rings (SSSR count). The van der Waals surface area contributed by atoms with Crippen LogP contribution in [0.15, 0.2) is 84.9 Å². The summed E-state index contributed by atoms with van der Waals surface area (Å²) in [6.07, 6.45) is 0.860. The van der Waals surface area contributed by atoms with Gasteiger partial charge in [0.05, 0.1) is 6.04 Å². The van der Waals surface area contributed by atoms with Gasteiger partial charge in [-0.05, 0) is 35.7 Å². The van der Waals surface area contributed by atoms with Crippen molar-refractivity contribution in [2.24, 2.45) is 0 Å². The molecule has 1 heterocycles. The molecule has 0 saturated heterocycles. The first kappa shape index (κ1) is 13.8. The number of benzene rings is 3. The van der Waals surface area contributed by atoms with Crippen molar-refractivity contribution < 1.29 is 4.79 Å². The van der Waals surface area contributed by atoms with Gasteiger partial charge in [-0.3, -0.25) is 4.79 Å². The summed E-state index contributed by atoms with van der Waals surface area (Å²) in [6.45, 7) is 0. The van der Waals surface area contributed by atoms with E-state index in [0.29, 0.717) is 0 Å². The number of hydrogen-bond acceptors (Lipinski definition) is 1. The maximum atomic E-state index is 13.1. The van der Waals surface area contributed by atoms with Gasteiger partial charge >= 0.3 is 0 Å². The van der Waals surface area contributed by atoms with Gasteiger partial charge in [0.2, 0.25) is 0 Å². The lowest BCUT2D eigenvalue weighted by Crippen LogP contribution is -2.32. The Bertz CT molecular complexity index is 827. The summed E-state index contributed by atoms with van der Waals surface area (Å²) in [6, 6.07) is 28.0. The minimum atomic E-state index is 0.0568. The van der Waals surface area contributed by atoms with Gasteiger partial charge in [0.15, 0.2) is 0 Å². The lowest BCUT2D eigenvalue weighted by atomic mass is 10.0. The van der Waals surface area contributed by atoms with Crippen molar-refractivity contribution in [1.82, 2.24) is 0 Å². The van der Waals surface area contributed by atoms with Crippen LogP contribution in [0.1, 0.15) is 27.5 Å². The number of fused-ring (bicyclic) bond motifs is 1. The molecule has 1 amide bonds. The molecule has 0 radical (unpaired) electrons. The maximum Gasteiger partial charge on any atom is 0.258 e. The summed E-state index contributed by atoms with van der Waals surface area (Å²) in [4.78, 5) is 15.1. The van der Waals surface area contributed by atoms with E-state index in [2.05, 4.69) is 18.2 Å². The monoisotopic (exact) mass is 299 g/mol. The highest BCUT2D eigenvalue weighted by molar-refractivity contribution is 6.07. The van der Waals surface area contributed by atoms with E-state index in [1.165, 1.54) is 11.1 Å². The normalized spacial score (nSPS) is 16.2. The molecule has 3 aromatic carbocycles. The Balaban J connectivity index is 1.80. The number of para-hydroxylation sites is 1. The van der Waals surface area contributed by atoms with Crippen LogP contribution in [0.4, 0.5) is 5.69 Å².